The Morgan fingerprint density at radius 1 is 0.850 bits per heavy atom. The zero-order valence-electron chi connectivity index (χ0n) is 24.2. The number of aryl methyl sites for hydroxylation is 1. The largest absolute Gasteiger partial charge is 0.497 e. The van der Waals surface area contributed by atoms with Gasteiger partial charge in [-0.05, 0) is 74.1 Å². The summed E-state index contributed by atoms with van der Waals surface area (Å²) in [5.41, 5.74) is 1.98. The summed E-state index contributed by atoms with van der Waals surface area (Å²) in [6.45, 7) is 5.67. The summed E-state index contributed by atoms with van der Waals surface area (Å²) in [7, 11) is 3.24. The number of amides is 3. The van der Waals surface area contributed by atoms with Crippen molar-refractivity contribution in [2.45, 2.75) is 46.0 Å². The van der Waals surface area contributed by atoms with Crippen LogP contribution in [0, 0.1) is 0 Å². The molecule has 0 heterocycles. The molecule has 0 spiro atoms. The van der Waals surface area contributed by atoms with E-state index in [0.717, 1.165) is 35.5 Å². The summed E-state index contributed by atoms with van der Waals surface area (Å²) in [6, 6.07) is 15.2. The van der Waals surface area contributed by atoms with Crippen molar-refractivity contribution in [1.82, 2.24) is 15.1 Å². The third kappa shape index (κ3) is 12.2. The van der Waals surface area contributed by atoms with Crippen molar-refractivity contribution >= 4 is 23.8 Å². The van der Waals surface area contributed by atoms with E-state index in [9.17, 15) is 14.4 Å². The minimum absolute atomic E-state index is 0.00214. The molecule has 8 heteroatoms. The lowest BCUT2D eigenvalue weighted by atomic mass is 10.1. The molecule has 0 unspecified atom stereocenters. The Kier molecular flexibility index (Phi) is 14.7. The van der Waals surface area contributed by atoms with Crippen LogP contribution < -0.4 is 14.8 Å². The molecule has 0 bridgehead atoms. The predicted molar refractivity (Wildman–Crippen MR) is 159 cm³/mol. The number of benzene rings is 2. The van der Waals surface area contributed by atoms with Gasteiger partial charge < -0.3 is 24.6 Å². The van der Waals surface area contributed by atoms with E-state index in [0.29, 0.717) is 45.4 Å². The summed E-state index contributed by atoms with van der Waals surface area (Å²) >= 11 is 0. The molecule has 2 aromatic carbocycles. The minimum atomic E-state index is -0.179. The molecule has 216 valence electrons. The Morgan fingerprint density at radius 2 is 1.45 bits per heavy atom. The first-order valence-corrected chi connectivity index (χ1v) is 13.8. The molecule has 40 heavy (non-hydrogen) atoms. The SMILES string of the molecule is C/C=C/N(CCCCN(CCCNC(=O)/C=C/c1ccc(OC)cc1)C(=O)CCc1ccc(OC)cc1)C(C)=O. The molecular weight excluding hydrogens is 506 g/mol. The van der Waals surface area contributed by atoms with Crippen LogP contribution in [-0.4, -0.2) is 67.9 Å². The van der Waals surface area contributed by atoms with Crippen molar-refractivity contribution in [1.29, 1.82) is 0 Å². The number of nitrogens with zero attached hydrogens (tertiary/aromatic N) is 2. The number of rotatable bonds is 17. The molecule has 0 saturated carbocycles. The van der Waals surface area contributed by atoms with Crippen molar-refractivity contribution in [3.05, 3.63) is 78.0 Å². The van der Waals surface area contributed by atoms with Gasteiger partial charge in [0, 0.05) is 51.8 Å². The number of carbonyl (C=O) groups excluding carboxylic acids is 3. The Bertz CT molecular complexity index is 1110. The Labute approximate surface area is 238 Å². The number of allylic oxidation sites excluding steroid dienone is 1. The molecular formula is C32H43N3O5. The molecule has 2 aromatic rings. The summed E-state index contributed by atoms with van der Waals surface area (Å²) < 4.78 is 10.4. The smallest absolute Gasteiger partial charge is 0.244 e. The lowest BCUT2D eigenvalue weighted by molar-refractivity contribution is -0.131. The zero-order valence-corrected chi connectivity index (χ0v) is 24.2. The second-order valence-corrected chi connectivity index (χ2v) is 9.38. The first-order chi connectivity index (χ1) is 19.4. The standard InChI is InChI=1S/C32H43N3O5/c1-5-22-34(26(2)36)23-6-7-24-35(32(38)20-14-28-11-17-30(40-4)18-12-28)25-8-21-33-31(37)19-13-27-9-15-29(39-3)16-10-27/h5,9-13,15-19,22H,6-8,14,20-21,23-25H2,1-4H3,(H,33,37)/b19-13+,22-5+. The lowest BCUT2D eigenvalue weighted by Crippen LogP contribution is -2.35. The van der Waals surface area contributed by atoms with Crippen LogP contribution in [0.4, 0.5) is 0 Å². The summed E-state index contributed by atoms with van der Waals surface area (Å²) in [6.07, 6.45) is 10.2. The van der Waals surface area contributed by atoms with Crippen molar-refractivity contribution in [2.24, 2.45) is 0 Å². The monoisotopic (exact) mass is 549 g/mol. The molecule has 0 fully saturated rings. The normalized spacial score (nSPS) is 11.0. The van der Waals surface area contributed by atoms with E-state index in [4.69, 9.17) is 9.47 Å². The van der Waals surface area contributed by atoms with Crippen LogP contribution in [0.2, 0.25) is 0 Å². The van der Waals surface area contributed by atoms with E-state index < -0.39 is 0 Å². The van der Waals surface area contributed by atoms with Crippen LogP contribution >= 0.6 is 0 Å². The average Bonchev–Trinajstić information content (AvgIpc) is 2.97. The highest BCUT2D eigenvalue weighted by atomic mass is 16.5. The van der Waals surface area contributed by atoms with Gasteiger partial charge in [0.05, 0.1) is 14.2 Å². The van der Waals surface area contributed by atoms with Crippen molar-refractivity contribution in [2.75, 3.05) is 40.4 Å². The van der Waals surface area contributed by atoms with Gasteiger partial charge in [-0.1, -0.05) is 30.3 Å². The third-order valence-electron chi connectivity index (χ3n) is 6.40. The molecule has 8 nitrogen and oxygen atoms in total. The van der Waals surface area contributed by atoms with Crippen LogP contribution in [0.15, 0.2) is 66.9 Å². The maximum atomic E-state index is 13.1. The number of carbonyl (C=O) groups is 3. The Hall–Kier alpha value is -4.07. The highest BCUT2D eigenvalue weighted by Gasteiger charge is 2.14. The van der Waals surface area contributed by atoms with Crippen molar-refractivity contribution in [3.63, 3.8) is 0 Å². The van der Waals surface area contributed by atoms with E-state index in [1.807, 2.05) is 66.4 Å². The van der Waals surface area contributed by atoms with E-state index in [2.05, 4.69) is 5.32 Å². The van der Waals surface area contributed by atoms with Crippen molar-refractivity contribution in [3.8, 4) is 11.5 Å². The molecule has 0 aliphatic rings. The number of hydrogen-bond donors (Lipinski definition) is 1. The Morgan fingerprint density at radius 3 is 2.05 bits per heavy atom. The first kappa shape index (κ1) is 32.1. The van der Waals surface area contributed by atoms with E-state index in [1.165, 1.54) is 6.08 Å². The van der Waals surface area contributed by atoms with Gasteiger partial charge in [0.1, 0.15) is 11.5 Å². The topological polar surface area (TPSA) is 88.2 Å². The number of unbranched alkanes of at least 4 members (excludes halogenated alkanes) is 1. The molecule has 1 N–H and O–H groups in total. The van der Waals surface area contributed by atoms with Gasteiger partial charge in [-0.2, -0.15) is 0 Å². The van der Waals surface area contributed by atoms with Gasteiger partial charge in [0.15, 0.2) is 0 Å². The maximum Gasteiger partial charge on any atom is 0.244 e. The van der Waals surface area contributed by atoms with E-state index in [-0.39, 0.29) is 17.7 Å². The quantitative estimate of drug-likeness (QED) is 0.225. The molecule has 0 aromatic heterocycles. The number of nitrogens with one attached hydrogen (secondary N) is 1. The van der Waals surface area contributed by atoms with Gasteiger partial charge >= 0.3 is 0 Å². The summed E-state index contributed by atoms with van der Waals surface area (Å²) in [5.74, 6) is 1.45. The van der Waals surface area contributed by atoms with Gasteiger partial charge in [-0.15, -0.1) is 0 Å². The average molecular weight is 550 g/mol. The summed E-state index contributed by atoms with van der Waals surface area (Å²) in [4.78, 5) is 40.7. The highest BCUT2D eigenvalue weighted by molar-refractivity contribution is 5.91. The highest BCUT2D eigenvalue weighted by Crippen LogP contribution is 2.14. The van der Waals surface area contributed by atoms with Crippen LogP contribution in [-0.2, 0) is 20.8 Å². The van der Waals surface area contributed by atoms with Crippen LogP contribution in [0.1, 0.15) is 50.7 Å². The second kappa shape index (κ2) is 18.3. The molecule has 0 saturated heterocycles. The Balaban J connectivity index is 1.86. The van der Waals surface area contributed by atoms with Gasteiger partial charge in [0.2, 0.25) is 17.7 Å². The lowest BCUT2D eigenvalue weighted by Gasteiger charge is -2.24. The van der Waals surface area contributed by atoms with Crippen LogP contribution in [0.25, 0.3) is 6.08 Å². The predicted octanol–water partition coefficient (Wildman–Crippen LogP) is 4.85. The van der Waals surface area contributed by atoms with E-state index >= 15 is 0 Å². The molecule has 0 atom stereocenters. The molecule has 3 amide bonds. The number of hydrogen-bond acceptors (Lipinski definition) is 5. The maximum absolute atomic E-state index is 13.1. The molecule has 0 radical (unpaired) electrons. The fourth-order valence-corrected chi connectivity index (χ4v) is 4.09. The molecule has 0 aliphatic carbocycles. The van der Waals surface area contributed by atoms with Gasteiger partial charge in [0.25, 0.3) is 0 Å². The first-order valence-electron chi connectivity index (χ1n) is 13.8. The van der Waals surface area contributed by atoms with Crippen molar-refractivity contribution < 1.29 is 23.9 Å². The zero-order chi connectivity index (χ0) is 29.2. The van der Waals surface area contributed by atoms with E-state index in [1.54, 1.807) is 38.3 Å². The number of methoxy groups -OCH3 is 2. The van der Waals surface area contributed by atoms with Gasteiger partial charge in [-0.25, -0.2) is 0 Å². The van der Waals surface area contributed by atoms with Crippen LogP contribution in [0.5, 0.6) is 11.5 Å². The summed E-state index contributed by atoms with van der Waals surface area (Å²) in [5, 5.41) is 2.90. The second-order valence-electron chi connectivity index (χ2n) is 9.38. The fourth-order valence-electron chi connectivity index (χ4n) is 4.09. The fraction of sp³-hybridized carbons (Fsp3) is 0.406. The molecule has 2 rings (SSSR count). The third-order valence-corrected chi connectivity index (χ3v) is 6.40. The van der Waals surface area contributed by atoms with Crippen LogP contribution in [0.3, 0.4) is 0 Å². The minimum Gasteiger partial charge on any atom is -0.497 e. The molecule has 0 aliphatic heterocycles. The number of ether oxygens (including phenoxy) is 2. The van der Waals surface area contributed by atoms with Gasteiger partial charge in [-0.3, -0.25) is 14.4 Å².